The third-order valence-electron chi connectivity index (χ3n) is 5.96. The molecule has 2 atom stereocenters. The molecule has 0 aliphatic carbocycles. The Hall–Kier alpha value is -2.95. The minimum Gasteiger partial charge on any atom is -0.349 e. The molecule has 2 heterocycles. The number of aromatic nitrogens is 3. The molecule has 7 nitrogen and oxygen atoms in total. The van der Waals surface area contributed by atoms with Crippen molar-refractivity contribution in [2.24, 2.45) is 0 Å². The van der Waals surface area contributed by atoms with Crippen LogP contribution in [0, 0.1) is 0 Å². The molecule has 4 rings (SSSR count). The summed E-state index contributed by atoms with van der Waals surface area (Å²) in [4.78, 5) is 16.2. The first-order valence-corrected chi connectivity index (χ1v) is 11.4. The third-order valence-corrected chi connectivity index (χ3v) is 5.96. The maximum atomic E-state index is 13.6. The number of rotatable bonds is 6. The maximum Gasteiger partial charge on any atom is 0.416 e. The van der Waals surface area contributed by atoms with Crippen LogP contribution in [0.25, 0.3) is 0 Å². The number of H-pyrrole nitrogens is 2. The van der Waals surface area contributed by atoms with E-state index in [0.29, 0.717) is 36.6 Å². The summed E-state index contributed by atoms with van der Waals surface area (Å²) < 4.78 is 52.8. The van der Waals surface area contributed by atoms with Crippen molar-refractivity contribution in [3.8, 4) is 0 Å². The second-order valence-electron chi connectivity index (χ2n) is 9.67. The van der Waals surface area contributed by atoms with Gasteiger partial charge in [0, 0.05) is 6.54 Å². The van der Waals surface area contributed by atoms with Crippen molar-refractivity contribution in [2.45, 2.75) is 57.8 Å². The first kappa shape index (κ1) is 25.2. The smallest absolute Gasteiger partial charge is 0.349 e. The highest BCUT2D eigenvalue weighted by Crippen LogP contribution is 2.35. The second kappa shape index (κ2) is 9.96. The Morgan fingerprint density at radius 1 is 1.11 bits per heavy atom. The largest absolute Gasteiger partial charge is 0.416 e. The molecule has 0 saturated carbocycles. The highest BCUT2D eigenvalue weighted by Gasteiger charge is 2.36. The lowest BCUT2D eigenvalue weighted by atomic mass is 9.85. The summed E-state index contributed by atoms with van der Waals surface area (Å²) >= 11 is 0. The Bertz CT molecular complexity index is 1150. The highest BCUT2D eigenvalue weighted by molar-refractivity contribution is 5.35. The molecule has 3 aromatic rings. The van der Waals surface area contributed by atoms with E-state index < -0.39 is 29.1 Å². The summed E-state index contributed by atoms with van der Waals surface area (Å²) in [7, 11) is 0. The predicted molar refractivity (Wildman–Crippen MR) is 123 cm³/mol. The lowest BCUT2D eigenvalue weighted by molar-refractivity contribution is -0.218. The average molecular weight is 491 g/mol. The van der Waals surface area contributed by atoms with Crippen molar-refractivity contribution < 1.29 is 22.6 Å². The summed E-state index contributed by atoms with van der Waals surface area (Å²) in [6.45, 7) is 6.85. The Morgan fingerprint density at radius 2 is 1.83 bits per heavy atom. The number of nitrogens with zero attached hydrogens (tertiary/aromatic N) is 2. The monoisotopic (exact) mass is 490 g/mol. The zero-order valence-corrected chi connectivity index (χ0v) is 19.9. The van der Waals surface area contributed by atoms with Gasteiger partial charge in [-0.25, -0.2) is 9.89 Å². The lowest BCUT2D eigenvalue weighted by Gasteiger charge is -2.40. The van der Waals surface area contributed by atoms with Crippen molar-refractivity contribution in [3.05, 3.63) is 87.1 Å². The molecule has 1 aliphatic rings. The molecule has 1 saturated heterocycles. The molecule has 0 spiro atoms. The van der Waals surface area contributed by atoms with E-state index in [4.69, 9.17) is 9.47 Å². The molecule has 10 heteroatoms. The quantitative estimate of drug-likeness (QED) is 0.531. The fraction of sp³-hybridized carbons (Fsp3) is 0.440. The van der Waals surface area contributed by atoms with Crippen LogP contribution in [0.3, 0.4) is 0 Å². The fourth-order valence-corrected chi connectivity index (χ4v) is 4.15. The van der Waals surface area contributed by atoms with Gasteiger partial charge in [0.05, 0.1) is 31.4 Å². The van der Waals surface area contributed by atoms with Gasteiger partial charge in [0.1, 0.15) is 5.82 Å². The SMILES string of the molecule is CC(C)(C)c1cc(COC2OCCN(Cc3n[nH]c(=O)[nH]3)C2c2ccccc2)cc(C(F)(F)F)c1. The number of morpholine rings is 1. The predicted octanol–water partition coefficient (Wildman–Crippen LogP) is 4.53. The van der Waals surface area contributed by atoms with Crippen LogP contribution >= 0.6 is 0 Å². The van der Waals surface area contributed by atoms with Gasteiger partial charge in [-0.1, -0.05) is 57.2 Å². The van der Waals surface area contributed by atoms with E-state index in [-0.39, 0.29) is 12.6 Å². The molecule has 1 aromatic heterocycles. The summed E-state index contributed by atoms with van der Waals surface area (Å²) in [6.07, 6.45) is -5.19. The molecule has 2 unspecified atom stereocenters. The minimum atomic E-state index is -4.46. The molecule has 2 N–H and O–H groups in total. The number of hydrogen-bond acceptors (Lipinski definition) is 5. The van der Waals surface area contributed by atoms with E-state index in [2.05, 4.69) is 20.1 Å². The van der Waals surface area contributed by atoms with Gasteiger partial charge < -0.3 is 9.47 Å². The van der Waals surface area contributed by atoms with Crippen LogP contribution in [0.15, 0.2) is 53.3 Å². The molecule has 1 fully saturated rings. The number of alkyl halides is 3. The van der Waals surface area contributed by atoms with Crippen molar-refractivity contribution in [2.75, 3.05) is 13.2 Å². The molecular weight excluding hydrogens is 461 g/mol. The van der Waals surface area contributed by atoms with Gasteiger partial charge >= 0.3 is 11.9 Å². The van der Waals surface area contributed by atoms with Gasteiger partial charge in [0.25, 0.3) is 0 Å². The highest BCUT2D eigenvalue weighted by atomic mass is 19.4. The van der Waals surface area contributed by atoms with Crippen LogP contribution in [0.5, 0.6) is 0 Å². The van der Waals surface area contributed by atoms with Gasteiger partial charge in [0.15, 0.2) is 6.29 Å². The summed E-state index contributed by atoms with van der Waals surface area (Å²) in [6, 6.07) is 13.3. The van der Waals surface area contributed by atoms with E-state index in [9.17, 15) is 18.0 Å². The Balaban J connectivity index is 1.60. The minimum absolute atomic E-state index is 0.0475. The Labute approximate surface area is 201 Å². The number of aromatic amines is 2. The van der Waals surface area contributed by atoms with Crippen LogP contribution in [0.4, 0.5) is 13.2 Å². The fourth-order valence-electron chi connectivity index (χ4n) is 4.15. The van der Waals surface area contributed by atoms with Crippen LogP contribution in [-0.4, -0.2) is 39.5 Å². The number of ether oxygens (including phenoxy) is 2. The molecule has 0 radical (unpaired) electrons. The molecule has 35 heavy (non-hydrogen) atoms. The van der Waals surface area contributed by atoms with E-state index >= 15 is 0 Å². The van der Waals surface area contributed by atoms with E-state index in [1.807, 2.05) is 51.1 Å². The van der Waals surface area contributed by atoms with E-state index in [1.165, 1.54) is 6.07 Å². The standard InChI is InChI=1S/C25H29F3N4O3/c1-24(2,3)18-11-16(12-19(13-18)25(26,27)28)15-35-22-21(17-7-5-4-6-8-17)32(9-10-34-22)14-20-29-23(33)31-30-20/h4-8,11-13,21-22H,9-10,14-15H2,1-3H3,(H2,29,30,31,33). The topological polar surface area (TPSA) is 83.2 Å². The van der Waals surface area contributed by atoms with Crippen molar-refractivity contribution in [1.82, 2.24) is 20.1 Å². The number of nitrogens with one attached hydrogen (secondary N) is 2. The van der Waals surface area contributed by atoms with Gasteiger partial charge in [-0.3, -0.25) is 9.88 Å². The number of benzene rings is 2. The van der Waals surface area contributed by atoms with E-state index in [1.54, 1.807) is 6.07 Å². The lowest BCUT2D eigenvalue weighted by Crippen LogP contribution is -2.46. The zero-order valence-electron chi connectivity index (χ0n) is 19.9. The first-order chi connectivity index (χ1) is 16.5. The van der Waals surface area contributed by atoms with Crippen LogP contribution in [0.2, 0.25) is 0 Å². The van der Waals surface area contributed by atoms with Crippen molar-refractivity contribution in [3.63, 3.8) is 0 Å². The van der Waals surface area contributed by atoms with Crippen molar-refractivity contribution >= 4 is 0 Å². The van der Waals surface area contributed by atoms with Gasteiger partial charge in [-0.05, 0) is 34.2 Å². The number of halogens is 3. The Kier molecular flexibility index (Phi) is 7.16. The van der Waals surface area contributed by atoms with Crippen LogP contribution in [-0.2, 0) is 34.2 Å². The molecule has 1 aliphatic heterocycles. The molecule has 188 valence electrons. The van der Waals surface area contributed by atoms with E-state index in [0.717, 1.165) is 11.6 Å². The first-order valence-electron chi connectivity index (χ1n) is 11.4. The maximum absolute atomic E-state index is 13.6. The molecule has 0 amide bonds. The summed E-state index contributed by atoms with van der Waals surface area (Å²) in [5, 5.41) is 6.36. The van der Waals surface area contributed by atoms with Crippen LogP contribution in [0.1, 0.15) is 54.9 Å². The van der Waals surface area contributed by atoms with Gasteiger partial charge in [-0.15, -0.1) is 0 Å². The average Bonchev–Trinajstić information content (AvgIpc) is 3.21. The Morgan fingerprint density at radius 3 is 2.46 bits per heavy atom. The summed E-state index contributed by atoms with van der Waals surface area (Å²) in [5.74, 6) is 0.476. The third kappa shape index (κ3) is 6.19. The van der Waals surface area contributed by atoms with Crippen LogP contribution < -0.4 is 5.69 Å². The van der Waals surface area contributed by atoms with Crippen molar-refractivity contribution in [1.29, 1.82) is 0 Å². The van der Waals surface area contributed by atoms with Gasteiger partial charge in [0.2, 0.25) is 0 Å². The molecule has 0 bridgehead atoms. The number of hydrogen-bond donors (Lipinski definition) is 2. The summed E-state index contributed by atoms with van der Waals surface area (Å²) in [5.41, 5.74) is 0.386. The normalized spacial score (nSPS) is 19.7. The molecular formula is C25H29F3N4O3. The molecule has 2 aromatic carbocycles. The van der Waals surface area contributed by atoms with Gasteiger partial charge in [-0.2, -0.15) is 18.3 Å². The zero-order chi connectivity index (χ0) is 25.2. The second-order valence-corrected chi connectivity index (χ2v) is 9.67.